The van der Waals surface area contributed by atoms with Crippen LogP contribution in [0.2, 0.25) is 0 Å². The summed E-state index contributed by atoms with van der Waals surface area (Å²) in [6.07, 6.45) is 7.30. The maximum atomic E-state index is 12.8. The molecule has 6 rings (SSSR count). The minimum absolute atomic E-state index is 0.217. The molecule has 3 aliphatic rings. The Morgan fingerprint density at radius 3 is 2.93 bits per heavy atom. The van der Waals surface area contributed by atoms with Gasteiger partial charge in [-0.25, -0.2) is 4.79 Å². The third-order valence-electron chi connectivity index (χ3n) is 6.63. The quantitative estimate of drug-likeness (QED) is 0.538. The number of furan rings is 1. The fraction of sp³-hybridized carbons (Fsp3) is 0.333. The van der Waals surface area contributed by atoms with E-state index in [1.807, 2.05) is 30.5 Å². The first-order chi connectivity index (χ1) is 14.2. The molecule has 5 heterocycles. The normalized spacial score (nSPS) is 26.9. The standard InChI is InChI=1S/C24H24N2O3/c1-2-16-15-26-12-10-17(16)14-21(26)23(29-24(27)22-8-5-13-28-22)19-9-11-25-20-7-4-3-6-18(19)20/h2-9,11,13,16-17,21,23H,1,10,12,14-15H2/p+1/t16-,17+,21+,23+/m0/s1. The number of rotatable bonds is 5. The number of pyridine rings is 1. The van der Waals surface area contributed by atoms with Crippen molar-refractivity contribution in [1.29, 1.82) is 0 Å². The van der Waals surface area contributed by atoms with Crippen LogP contribution < -0.4 is 4.90 Å². The Morgan fingerprint density at radius 1 is 1.28 bits per heavy atom. The van der Waals surface area contributed by atoms with Crippen LogP contribution in [0, 0.1) is 11.8 Å². The van der Waals surface area contributed by atoms with E-state index in [1.54, 1.807) is 12.1 Å². The molecule has 2 aromatic heterocycles. The van der Waals surface area contributed by atoms with Crippen LogP contribution in [0.5, 0.6) is 0 Å². The topological polar surface area (TPSA) is 56.8 Å². The predicted molar refractivity (Wildman–Crippen MR) is 110 cm³/mol. The second-order valence-corrected chi connectivity index (χ2v) is 8.12. The molecule has 1 N–H and O–H groups in total. The van der Waals surface area contributed by atoms with Crippen LogP contribution in [-0.4, -0.2) is 30.1 Å². The highest BCUT2D eigenvalue weighted by Gasteiger charge is 2.47. The van der Waals surface area contributed by atoms with Gasteiger partial charge in [0.05, 0.1) is 24.9 Å². The number of nitrogens with one attached hydrogen (secondary N) is 1. The third kappa shape index (κ3) is 3.25. The van der Waals surface area contributed by atoms with E-state index in [1.165, 1.54) is 17.6 Å². The van der Waals surface area contributed by atoms with Crippen molar-refractivity contribution in [3.05, 3.63) is 78.9 Å². The molecule has 148 valence electrons. The fourth-order valence-corrected chi connectivity index (χ4v) is 5.19. The zero-order valence-electron chi connectivity index (χ0n) is 16.3. The minimum atomic E-state index is -0.414. The number of fused-ring (bicyclic) bond motifs is 4. The van der Waals surface area contributed by atoms with Gasteiger partial charge in [0.1, 0.15) is 6.04 Å². The van der Waals surface area contributed by atoms with E-state index in [0.29, 0.717) is 11.8 Å². The fourth-order valence-electron chi connectivity index (χ4n) is 5.19. The van der Waals surface area contributed by atoms with Crippen molar-refractivity contribution in [3.63, 3.8) is 0 Å². The molecule has 0 aliphatic carbocycles. The second-order valence-electron chi connectivity index (χ2n) is 8.12. The average Bonchev–Trinajstić information content (AvgIpc) is 3.32. The van der Waals surface area contributed by atoms with E-state index in [0.717, 1.165) is 36.0 Å². The van der Waals surface area contributed by atoms with Gasteiger partial charge in [-0.3, -0.25) is 4.98 Å². The summed E-state index contributed by atoms with van der Waals surface area (Å²) in [5.41, 5.74) is 1.94. The molecular formula is C24H25N2O3+. The Kier molecular flexibility index (Phi) is 4.68. The van der Waals surface area contributed by atoms with Crippen LogP contribution in [0.1, 0.15) is 35.1 Å². The Balaban J connectivity index is 1.55. The molecule has 5 atom stereocenters. The predicted octanol–water partition coefficient (Wildman–Crippen LogP) is 3.21. The number of esters is 1. The van der Waals surface area contributed by atoms with E-state index < -0.39 is 5.97 Å². The number of ether oxygens (including phenoxy) is 1. The largest absolute Gasteiger partial charge is 0.457 e. The van der Waals surface area contributed by atoms with Crippen molar-refractivity contribution in [2.75, 3.05) is 13.1 Å². The van der Waals surface area contributed by atoms with Crippen LogP contribution in [0.15, 0.2) is 72.0 Å². The van der Waals surface area contributed by atoms with Crippen LogP contribution in [0.3, 0.4) is 0 Å². The number of hydrogen-bond donors (Lipinski definition) is 1. The highest BCUT2D eigenvalue weighted by Crippen LogP contribution is 2.36. The maximum Gasteiger partial charge on any atom is 0.375 e. The smallest absolute Gasteiger partial charge is 0.375 e. The first-order valence-corrected chi connectivity index (χ1v) is 10.3. The van der Waals surface area contributed by atoms with Crippen LogP contribution in [0.25, 0.3) is 10.9 Å². The van der Waals surface area contributed by atoms with Crippen LogP contribution in [-0.2, 0) is 4.74 Å². The van der Waals surface area contributed by atoms with Crippen molar-refractivity contribution in [2.45, 2.75) is 25.0 Å². The van der Waals surface area contributed by atoms with E-state index in [-0.39, 0.29) is 17.9 Å². The molecule has 0 radical (unpaired) electrons. The molecule has 2 bridgehead atoms. The molecule has 3 fully saturated rings. The summed E-state index contributed by atoms with van der Waals surface area (Å²) in [4.78, 5) is 18.8. The Morgan fingerprint density at radius 2 is 2.17 bits per heavy atom. The lowest BCUT2D eigenvalue weighted by molar-refractivity contribution is -0.949. The first-order valence-electron chi connectivity index (χ1n) is 10.3. The van der Waals surface area contributed by atoms with Gasteiger partial charge >= 0.3 is 5.97 Å². The molecular weight excluding hydrogens is 364 g/mol. The maximum absolute atomic E-state index is 12.8. The number of hydrogen-bond acceptors (Lipinski definition) is 4. The number of carbonyl (C=O) groups is 1. The lowest BCUT2D eigenvalue weighted by atomic mass is 9.73. The third-order valence-corrected chi connectivity index (χ3v) is 6.63. The number of quaternary nitrogens is 1. The average molecular weight is 389 g/mol. The number of nitrogens with zero attached hydrogens (tertiary/aromatic N) is 1. The zero-order chi connectivity index (χ0) is 19.8. The minimum Gasteiger partial charge on any atom is -0.457 e. The van der Waals surface area contributed by atoms with Crippen molar-refractivity contribution in [2.24, 2.45) is 11.8 Å². The number of aromatic nitrogens is 1. The van der Waals surface area contributed by atoms with Crippen molar-refractivity contribution >= 4 is 16.9 Å². The van der Waals surface area contributed by atoms with Crippen LogP contribution in [0.4, 0.5) is 0 Å². The van der Waals surface area contributed by atoms with Gasteiger partial charge in [-0.1, -0.05) is 24.3 Å². The lowest BCUT2D eigenvalue weighted by Crippen LogP contribution is -3.20. The highest BCUT2D eigenvalue weighted by molar-refractivity contribution is 5.87. The summed E-state index contributed by atoms with van der Waals surface area (Å²) in [6.45, 7) is 6.20. The van der Waals surface area contributed by atoms with E-state index >= 15 is 0 Å². The Labute approximate surface area is 170 Å². The number of para-hydroxylation sites is 1. The summed E-state index contributed by atoms with van der Waals surface area (Å²) in [5.74, 6) is 0.977. The highest BCUT2D eigenvalue weighted by atomic mass is 16.6. The van der Waals surface area contributed by atoms with Crippen molar-refractivity contribution < 1.29 is 18.8 Å². The second kappa shape index (κ2) is 7.48. The van der Waals surface area contributed by atoms with Gasteiger partial charge in [0, 0.05) is 35.9 Å². The van der Waals surface area contributed by atoms with Gasteiger partial charge in [0.2, 0.25) is 5.76 Å². The SMILES string of the molecule is C=C[C@H]1C[NH+]2CC[C@@H]1C[C@@H]2[C@H](OC(=O)c1ccco1)c1ccnc2ccccc12. The molecule has 3 saturated heterocycles. The number of benzene rings is 1. The molecule has 1 unspecified atom stereocenters. The summed E-state index contributed by atoms with van der Waals surface area (Å²) >= 11 is 0. The van der Waals surface area contributed by atoms with Gasteiger partial charge in [0.25, 0.3) is 0 Å². The first kappa shape index (κ1) is 18.1. The van der Waals surface area contributed by atoms with Crippen LogP contribution >= 0.6 is 0 Å². The molecule has 0 amide bonds. The molecule has 0 saturated carbocycles. The van der Waals surface area contributed by atoms with Crippen molar-refractivity contribution in [1.82, 2.24) is 4.98 Å². The van der Waals surface area contributed by atoms with Gasteiger partial charge in [-0.05, 0) is 30.2 Å². The summed E-state index contributed by atoms with van der Waals surface area (Å²) < 4.78 is 11.4. The summed E-state index contributed by atoms with van der Waals surface area (Å²) in [7, 11) is 0. The van der Waals surface area contributed by atoms with Gasteiger partial charge in [-0.15, -0.1) is 6.58 Å². The number of piperidine rings is 3. The molecule has 3 aromatic rings. The summed E-state index contributed by atoms with van der Waals surface area (Å²) in [5, 5.41) is 1.04. The van der Waals surface area contributed by atoms with Gasteiger partial charge in [-0.2, -0.15) is 0 Å². The van der Waals surface area contributed by atoms with E-state index in [4.69, 9.17) is 9.15 Å². The van der Waals surface area contributed by atoms with Gasteiger partial charge in [0.15, 0.2) is 6.10 Å². The molecule has 3 aliphatic heterocycles. The molecule has 1 aromatic carbocycles. The molecule has 5 nitrogen and oxygen atoms in total. The zero-order valence-corrected chi connectivity index (χ0v) is 16.3. The number of carbonyl (C=O) groups excluding carboxylic acids is 1. The van der Waals surface area contributed by atoms with E-state index in [9.17, 15) is 4.79 Å². The molecule has 5 heteroatoms. The molecule has 29 heavy (non-hydrogen) atoms. The summed E-state index contributed by atoms with van der Waals surface area (Å²) in [6, 6.07) is 13.6. The van der Waals surface area contributed by atoms with Crippen molar-refractivity contribution in [3.8, 4) is 0 Å². The van der Waals surface area contributed by atoms with E-state index in [2.05, 4.69) is 23.7 Å². The lowest BCUT2D eigenvalue weighted by Gasteiger charge is -2.48. The van der Waals surface area contributed by atoms with Gasteiger partial charge < -0.3 is 14.1 Å². The Hall–Kier alpha value is -2.92. The Bertz CT molecular complexity index is 1020. The molecule has 0 spiro atoms. The monoisotopic (exact) mass is 389 g/mol.